The van der Waals surface area contributed by atoms with E-state index in [1.165, 1.54) is 13.8 Å². The number of carbonyl (C=O) groups is 4. The van der Waals surface area contributed by atoms with E-state index in [0.717, 1.165) is 25.8 Å². The Balaban J connectivity index is 2.27. The highest BCUT2D eigenvalue weighted by Crippen LogP contribution is 2.33. The van der Waals surface area contributed by atoms with Gasteiger partial charge in [0.25, 0.3) is 0 Å². The van der Waals surface area contributed by atoms with Gasteiger partial charge in [-0.1, -0.05) is 6.08 Å². The predicted octanol–water partition coefficient (Wildman–Crippen LogP) is 1.58. The van der Waals surface area contributed by atoms with Gasteiger partial charge in [0.1, 0.15) is 12.7 Å². The average Bonchev–Trinajstić information content (AvgIpc) is 2.73. The lowest BCUT2D eigenvalue weighted by atomic mass is 9.80. The van der Waals surface area contributed by atoms with Crippen molar-refractivity contribution < 1.29 is 52.7 Å². The fourth-order valence-corrected chi connectivity index (χ4v) is 4.17. The molecule has 0 spiro atoms. The van der Waals surface area contributed by atoms with Crippen LogP contribution in [0.4, 0.5) is 0 Å². The maximum absolute atomic E-state index is 11.9. The third-order valence-corrected chi connectivity index (χ3v) is 5.89. The van der Waals surface area contributed by atoms with E-state index in [1.54, 1.807) is 13.8 Å². The summed E-state index contributed by atoms with van der Waals surface area (Å²) in [6.07, 6.45) is -1.84. The number of ether oxygens (including phenoxy) is 6. The molecule has 0 saturated carbocycles. The second kappa shape index (κ2) is 12.5. The van der Waals surface area contributed by atoms with Crippen LogP contribution in [0.15, 0.2) is 11.6 Å². The molecule has 2 aliphatic rings. The molecular weight excluding hydrogens is 464 g/mol. The van der Waals surface area contributed by atoms with Crippen molar-refractivity contribution in [3.63, 3.8) is 0 Å². The highest BCUT2D eigenvalue weighted by molar-refractivity contribution is 5.68. The van der Waals surface area contributed by atoms with Crippen molar-refractivity contribution in [2.45, 2.75) is 97.1 Å². The number of carbonyl (C=O) groups excluding carboxylic acids is 4. The van der Waals surface area contributed by atoms with Crippen LogP contribution in [0.25, 0.3) is 0 Å². The molecule has 2 rings (SSSR count). The summed E-state index contributed by atoms with van der Waals surface area (Å²) in [5.41, 5.74) is 0.182. The van der Waals surface area contributed by atoms with E-state index in [0.29, 0.717) is 12.8 Å². The van der Waals surface area contributed by atoms with Crippen LogP contribution in [0.1, 0.15) is 60.8 Å². The molecule has 1 aliphatic carbocycles. The van der Waals surface area contributed by atoms with Crippen LogP contribution in [0.5, 0.6) is 0 Å². The molecule has 0 bridgehead atoms. The molecule has 1 N–H and O–H groups in total. The van der Waals surface area contributed by atoms with Crippen LogP contribution < -0.4 is 0 Å². The minimum atomic E-state index is -1.26. The van der Waals surface area contributed by atoms with E-state index in [-0.39, 0.29) is 19.1 Å². The smallest absolute Gasteiger partial charge is 0.303 e. The van der Waals surface area contributed by atoms with Gasteiger partial charge in [-0.2, -0.15) is 0 Å². The minimum absolute atomic E-state index is 0.122. The second-order valence-electron chi connectivity index (χ2n) is 9.37. The molecular formula is C24H36O11. The van der Waals surface area contributed by atoms with Crippen LogP contribution in [0, 0.1) is 5.92 Å². The number of esters is 4. The largest absolute Gasteiger partial charge is 0.463 e. The van der Waals surface area contributed by atoms with Crippen molar-refractivity contribution >= 4 is 23.9 Å². The van der Waals surface area contributed by atoms with Crippen molar-refractivity contribution in [3.8, 4) is 0 Å². The summed E-state index contributed by atoms with van der Waals surface area (Å²) in [6.45, 7) is 8.09. The monoisotopic (exact) mass is 500 g/mol. The van der Waals surface area contributed by atoms with Crippen molar-refractivity contribution in [1.82, 2.24) is 0 Å². The summed E-state index contributed by atoms with van der Waals surface area (Å²) in [4.78, 5) is 46.9. The summed E-state index contributed by atoms with van der Waals surface area (Å²) < 4.78 is 33.1. The maximum atomic E-state index is 11.9. The van der Waals surface area contributed by atoms with Crippen LogP contribution in [0.2, 0.25) is 0 Å². The summed E-state index contributed by atoms with van der Waals surface area (Å²) in [5.74, 6) is -2.55. The fourth-order valence-electron chi connectivity index (χ4n) is 4.17. The van der Waals surface area contributed by atoms with Gasteiger partial charge in [-0.25, -0.2) is 0 Å². The first-order valence-corrected chi connectivity index (χ1v) is 11.6. The van der Waals surface area contributed by atoms with Gasteiger partial charge in [0.15, 0.2) is 24.6 Å². The van der Waals surface area contributed by atoms with Gasteiger partial charge >= 0.3 is 23.9 Å². The van der Waals surface area contributed by atoms with Gasteiger partial charge in [0.2, 0.25) is 0 Å². The summed E-state index contributed by atoms with van der Waals surface area (Å²) >= 11 is 0. The Morgan fingerprint density at radius 3 is 2.00 bits per heavy atom. The molecule has 1 aliphatic heterocycles. The van der Waals surface area contributed by atoms with Gasteiger partial charge in [-0.15, -0.1) is 0 Å². The van der Waals surface area contributed by atoms with Crippen LogP contribution >= 0.6 is 0 Å². The third-order valence-electron chi connectivity index (χ3n) is 5.89. The number of hydrogen-bond donors (Lipinski definition) is 1. The summed E-state index contributed by atoms with van der Waals surface area (Å²) in [6, 6.07) is 0. The highest BCUT2D eigenvalue weighted by atomic mass is 16.7. The van der Waals surface area contributed by atoms with E-state index in [4.69, 9.17) is 28.4 Å². The number of allylic oxidation sites excluding steroid dienone is 1. The minimum Gasteiger partial charge on any atom is -0.463 e. The van der Waals surface area contributed by atoms with Crippen LogP contribution in [-0.2, 0) is 47.6 Å². The van der Waals surface area contributed by atoms with Gasteiger partial charge in [0, 0.05) is 27.7 Å². The number of rotatable bonds is 9. The Kier molecular flexibility index (Phi) is 10.2. The molecule has 0 amide bonds. The molecule has 0 aromatic rings. The zero-order chi connectivity index (χ0) is 26.3. The normalized spacial score (nSPS) is 28.9. The van der Waals surface area contributed by atoms with Gasteiger partial charge < -0.3 is 33.5 Å². The van der Waals surface area contributed by atoms with E-state index in [1.807, 2.05) is 6.08 Å². The van der Waals surface area contributed by atoms with Gasteiger partial charge in [-0.3, -0.25) is 19.2 Å². The first kappa shape index (κ1) is 28.7. The Morgan fingerprint density at radius 2 is 1.51 bits per heavy atom. The third kappa shape index (κ3) is 8.90. The number of hydrogen-bond acceptors (Lipinski definition) is 11. The van der Waals surface area contributed by atoms with E-state index >= 15 is 0 Å². The van der Waals surface area contributed by atoms with E-state index < -0.39 is 60.2 Å². The molecule has 35 heavy (non-hydrogen) atoms. The van der Waals surface area contributed by atoms with Gasteiger partial charge in [-0.05, 0) is 44.6 Å². The van der Waals surface area contributed by atoms with Crippen molar-refractivity contribution in [2.75, 3.05) is 13.2 Å². The first-order valence-electron chi connectivity index (χ1n) is 11.6. The molecule has 0 radical (unpaired) electrons. The van der Waals surface area contributed by atoms with Crippen LogP contribution in [0.3, 0.4) is 0 Å². The first-order chi connectivity index (χ1) is 16.3. The molecule has 6 atom stereocenters. The molecule has 11 heteroatoms. The van der Waals surface area contributed by atoms with Crippen molar-refractivity contribution in [1.29, 1.82) is 0 Å². The molecule has 0 aromatic heterocycles. The Morgan fingerprint density at radius 1 is 0.943 bits per heavy atom. The predicted molar refractivity (Wildman–Crippen MR) is 120 cm³/mol. The number of aliphatic hydroxyl groups is 1. The lowest BCUT2D eigenvalue weighted by Gasteiger charge is -2.44. The van der Waals surface area contributed by atoms with E-state index in [2.05, 4.69) is 0 Å². The second-order valence-corrected chi connectivity index (χ2v) is 9.37. The molecule has 1 fully saturated rings. The Hall–Kier alpha value is -2.50. The lowest BCUT2D eigenvalue weighted by Crippen LogP contribution is -2.63. The molecule has 11 nitrogen and oxygen atoms in total. The molecule has 198 valence electrons. The molecule has 1 unspecified atom stereocenters. The zero-order valence-corrected chi connectivity index (χ0v) is 21.1. The lowest BCUT2D eigenvalue weighted by molar-refractivity contribution is -0.306. The van der Waals surface area contributed by atoms with E-state index in [9.17, 15) is 24.3 Å². The SMILES string of the molecule is CC(=O)OC[C@H]1O[C@@H](OCC2=CCC(C(C)(C)O)CC2)[C@H](OC(C)=O)[C@@H](OC(C)=O)[C@@H]1OC(C)=O. The molecule has 1 heterocycles. The molecule has 1 saturated heterocycles. The average molecular weight is 501 g/mol. The Labute approximate surface area is 205 Å². The summed E-state index contributed by atoms with van der Waals surface area (Å²) in [5, 5.41) is 10.2. The standard InChI is InChI=1S/C24H36O11/c1-13(25)30-12-19-20(32-14(2)26)21(33-15(3)27)22(34-16(4)28)23(35-19)31-11-17-7-9-18(10-8-17)24(5,6)29/h7,18-23,29H,8-12H2,1-6H3/t18?,19-,20-,21+,22-,23-/m1/s1. The Bertz CT molecular complexity index is 813. The maximum Gasteiger partial charge on any atom is 0.303 e. The molecule has 0 aromatic carbocycles. The zero-order valence-electron chi connectivity index (χ0n) is 21.1. The van der Waals surface area contributed by atoms with Gasteiger partial charge in [0.05, 0.1) is 12.2 Å². The summed E-state index contributed by atoms with van der Waals surface area (Å²) in [7, 11) is 0. The van der Waals surface area contributed by atoms with Crippen molar-refractivity contribution in [2.24, 2.45) is 5.92 Å². The highest BCUT2D eigenvalue weighted by Gasteiger charge is 2.52. The fraction of sp³-hybridized carbons (Fsp3) is 0.750. The van der Waals surface area contributed by atoms with Crippen molar-refractivity contribution in [3.05, 3.63) is 11.6 Å². The topological polar surface area (TPSA) is 144 Å². The van der Waals surface area contributed by atoms with Crippen LogP contribution in [-0.4, -0.2) is 78.5 Å². The quantitative estimate of drug-likeness (QED) is 0.280.